The first-order valence-electron chi connectivity index (χ1n) is 6.39. The molecule has 18 heavy (non-hydrogen) atoms. The maximum atomic E-state index is 12.1. The number of ether oxygens (including phenoxy) is 2. The van der Waals surface area contributed by atoms with Crippen molar-refractivity contribution in [2.75, 3.05) is 13.2 Å². The molecule has 0 fully saturated rings. The van der Waals surface area contributed by atoms with E-state index in [2.05, 4.69) is 6.07 Å². The highest BCUT2D eigenvalue weighted by Crippen LogP contribution is 2.11. The number of carbonyl (C=O) groups is 1. The van der Waals surface area contributed by atoms with Gasteiger partial charge in [0.1, 0.15) is 0 Å². The van der Waals surface area contributed by atoms with E-state index in [1.54, 1.807) is 0 Å². The maximum Gasteiger partial charge on any atom is 0.218 e. The standard InChI is InChI=1S/C15H22O3/c1-5-17-15(18-6-2)14(16)10-13-8-11(3)7-12(4)9-13/h7-9,15H,5-6,10H2,1-4H3. The summed E-state index contributed by atoms with van der Waals surface area (Å²) in [6.45, 7) is 8.73. The van der Waals surface area contributed by atoms with E-state index in [-0.39, 0.29) is 5.78 Å². The lowest BCUT2D eigenvalue weighted by atomic mass is 10.0. The molecule has 0 saturated heterocycles. The van der Waals surface area contributed by atoms with Crippen molar-refractivity contribution in [1.82, 2.24) is 0 Å². The second kappa shape index (κ2) is 7.29. The van der Waals surface area contributed by atoms with Gasteiger partial charge >= 0.3 is 0 Å². The predicted octanol–water partition coefficient (Wildman–Crippen LogP) is 2.81. The number of ketones is 1. The molecule has 0 spiro atoms. The normalized spacial score (nSPS) is 10.9. The van der Waals surface area contributed by atoms with Gasteiger partial charge in [0.05, 0.1) is 0 Å². The topological polar surface area (TPSA) is 35.5 Å². The fourth-order valence-electron chi connectivity index (χ4n) is 1.99. The minimum Gasteiger partial charge on any atom is -0.346 e. The second-order valence-corrected chi connectivity index (χ2v) is 4.38. The Balaban J connectivity index is 2.72. The molecule has 0 aliphatic carbocycles. The lowest BCUT2D eigenvalue weighted by Crippen LogP contribution is -2.29. The maximum absolute atomic E-state index is 12.1. The summed E-state index contributed by atoms with van der Waals surface area (Å²) in [6, 6.07) is 6.15. The molecular formula is C15H22O3. The van der Waals surface area contributed by atoms with Crippen LogP contribution in [0.15, 0.2) is 18.2 Å². The molecule has 100 valence electrons. The number of hydrogen-bond acceptors (Lipinski definition) is 3. The molecule has 3 nitrogen and oxygen atoms in total. The van der Waals surface area contributed by atoms with E-state index in [4.69, 9.17) is 9.47 Å². The van der Waals surface area contributed by atoms with Crippen molar-refractivity contribution >= 4 is 5.78 Å². The Kier molecular flexibility index (Phi) is 6.02. The van der Waals surface area contributed by atoms with Crippen LogP contribution in [0.1, 0.15) is 30.5 Å². The van der Waals surface area contributed by atoms with Gasteiger partial charge in [-0.3, -0.25) is 4.79 Å². The summed E-state index contributed by atoms with van der Waals surface area (Å²) in [7, 11) is 0. The molecule has 1 aromatic rings. The monoisotopic (exact) mass is 250 g/mol. The highest BCUT2D eigenvalue weighted by molar-refractivity contribution is 5.84. The van der Waals surface area contributed by atoms with Crippen LogP contribution in [-0.4, -0.2) is 25.3 Å². The molecule has 1 rings (SSSR count). The van der Waals surface area contributed by atoms with Gasteiger partial charge in [0, 0.05) is 19.6 Å². The van der Waals surface area contributed by atoms with Crippen LogP contribution >= 0.6 is 0 Å². The molecule has 0 aliphatic rings. The summed E-state index contributed by atoms with van der Waals surface area (Å²) in [6.07, 6.45) is -0.381. The largest absolute Gasteiger partial charge is 0.346 e. The van der Waals surface area contributed by atoms with Gasteiger partial charge in [0.15, 0.2) is 5.78 Å². The van der Waals surface area contributed by atoms with Gasteiger partial charge in [0.25, 0.3) is 0 Å². The minimum absolute atomic E-state index is 0.0244. The zero-order valence-corrected chi connectivity index (χ0v) is 11.7. The van der Waals surface area contributed by atoms with Crippen LogP contribution in [0.3, 0.4) is 0 Å². The molecular weight excluding hydrogens is 228 g/mol. The van der Waals surface area contributed by atoms with E-state index in [1.807, 2.05) is 39.8 Å². The number of carbonyl (C=O) groups excluding carboxylic acids is 1. The highest BCUT2D eigenvalue weighted by Gasteiger charge is 2.18. The predicted molar refractivity (Wildman–Crippen MR) is 71.7 cm³/mol. The van der Waals surface area contributed by atoms with E-state index in [1.165, 1.54) is 11.1 Å². The average molecular weight is 250 g/mol. The van der Waals surface area contributed by atoms with Crippen molar-refractivity contribution < 1.29 is 14.3 Å². The summed E-state index contributed by atoms with van der Waals surface area (Å²) < 4.78 is 10.6. The molecule has 1 aromatic carbocycles. The summed E-state index contributed by atoms with van der Waals surface area (Å²) in [4.78, 5) is 12.1. The van der Waals surface area contributed by atoms with Gasteiger partial charge in [-0.25, -0.2) is 0 Å². The van der Waals surface area contributed by atoms with Crippen LogP contribution in [0.4, 0.5) is 0 Å². The van der Waals surface area contributed by atoms with Gasteiger partial charge in [-0.2, -0.15) is 0 Å². The summed E-state index contributed by atoms with van der Waals surface area (Å²) in [5, 5.41) is 0. The van der Waals surface area contributed by atoms with Crippen LogP contribution < -0.4 is 0 Å². The van der Waals surface area contributed by atoms with Crippen molar-refractivity contribution in [2.45, 2.75) is 40.4 Å². The Labute approximate surface area is 109 Å². The molecule has 0 aliphatic heterocycles. The number of Topliss-reactive ketones (excluding diaryl/α,β-unsaturated/α-hetero) is 1. The number of aryl methyl sites for hydroxylation is 2. The molecule has 3 heteroatoms. The molecule has 0 amide bonds. The Morgan fingerprint density at radius 2 is 1.56 bits per heavy atom. The molecule has 0 atom stereocenters. The van der Waals surface area contributed by atoms with Crippen molar-refractivity contribution in [3.8, 4) is 0 Å². The SMILES string of the molecule is CCOC(OCC)C(=O)Cc1cc(C)cc(C)c1. The number of benzene rings is 1. The van der Waals surface area contributed by atoms with Crippen molar-refractivity contribution in [3.05, 3.63) is 34.9 Å². The average Bonchev–Trinajstić information content (AvgIpc) is 2.27. The molecule has 0 aromatic heterocycles. The molecule has 0 saturated carbocycles. The van der Waals surface area contributed by atoms with Crippen LogP contribution in [0.2, 0.25) is 0 Å². The number of rotatable bonds is 7. The Bertz CT molecular complexity index is 372. The van der Waals surface area contributed by atoms with Gasteiger partial charge in [0.2, 0.25) is 6.29 Å². The third-order valence-electron chi connectivity index (χ3n) is 2.56. The fourth-order valence-corrected chi connectivity index (χ4v) is 1.99. The second-order valence-electron chi connectivity index (χ2n) is 4.38. The van der Waals surface area contributed by atoms with Crippen LogP contribution in [0, 0.1) is 13.8 Å². The lowest BCUT2D eigenvalue weighted by Gasteiger charge is -2.15. The fraction of sp³-hybridized carbons (Fsp3) is 0.533. The van der Waals surface area contributed by atoms with E-state index < -0.39 is 6.29 Å². The van der Waals surface area contributed by atoms with Gasteiger partial charge in [-0.15, -0.1) is 0 Å². The Hall–Kier alpha value is -1.19. The summed E-state index contributed by atoms with van der Waals surface area (Å²) in [5.74, 6) is -0.0244. The molecule has 0 heterocycles. The van der Waals surface area contributed by atoms with Crippen molar-refractivity contribution in [3.63, 3.8) is 0 Å². The minimum atomic E-state index is -0.735. The summed E-state index contributed by atoms with van der Waals surface area (Å²) in [5.41, 5.74) is 3.35. The lowest BCUT2D eigenvalue weighted by molar-refractivity contribution is -0.167. The molecule has 0 unspecified atom stereocenters. The zero-order valence-electron chi connectivity index (χ0n) is 11.7. The Morgan fingerprint density at radius 1 is 1.06 bits per heavy atom. The zero-order chi connectivity index (χ0) is 13.5. The molecule has 0 radical (unpaired) electrons. The first-order chi connectivity index (χ1) is 8.56. The third kappa shape index (κ3) is 4.59. The van der Waals surface area contributed by atoms with E-state index in [9.17, 15) is 4.79 Å². The first kappa shape index (κ1) is 14.9. The van der Waals surface area contributed by atoms with Crippen LogP contribution in [0.5, 0.6) is 0 Å². The van der Waals surface area contributed by atoms with Crippen LogP contribution in [-0.2, 0) is 20.7 Å². The molecule has 0 N–H and O–H groups in total. The third-order valence-corrected chi connectivity index (χ3v) is 2.56. The van der Waals surface area contributed by atoms with Gasteiger partial charge in [-0.05, 0) is 33.3 Å². The quantitative estimate of drug-likeness (QED) is 0.698. The number of hydrogen-bond donors (Lipinski definition) is 0. The first-order valence-corrected chi connectivity index (χ1v) is 6.39. The van der Waals surface area contributed by atoms with Crippen LogP contribution in [0.25, 0.3) is 0 Å². The van der Waals surface area contributed by atoms with E-state index in [0.717, 1.165) is 5.56 Å². The van der Waals surface area contributed by atoms with Gasteiger partial charge < -0.3 is 9.47 Å². The van der Waals surface area contributed by atoms with E-state index in [0.29, 0.717) is 19.6 Å². The molecule has 0 bridgehead atoms. The van der Waals surface area contributed by atoms with Gasteiger partial charge in [-0.1, -0.05) is 29.3 Å². The highest BCUT2D eigenvalue weighted by atomic mass is 16.7. The smallest absolute Gasteiger partial charge is 0.218 e. The Morgan fingerprint density at radius 3 is 2.00 bits per heavy atom. The van der Waals surface area contributed by atoms with Crippen molar-refractivity contribution in [1.29, 1.82) is 0 Å². The van der Waals surface area contributed by atoms with E-state index >= 15 is 0 Å². The summed E-state index contributed by atoms with van der Waals surface area (Å²) >= 11 is 0. The van der Waals surface area contributed by atoms with Crippen molar-refractivity contribution in [2.24, 2.45) is 0 Å².